The van der Waals surface area contributed by atoms with Crippen LogP contribution in [0.15, 0.2) is 0 Å². The van der Waals surface area contributed by atoms with E-state index in [4.69, 9.17) is 11.5 Å². The molecule has 0 aliphatic carbocycles. The molecule has 11 heavy (non-hydrogen) atoms. The van der Waals surface area contributed by atoms with Crippen molar-refractivity contribution in [1.82, 2.24) is 0 Å². The van der Waals surface area contributed by atoms with Gasteiger partial charge in [-0.1, -0.05) is 20.3 Å². The van der Waals surface area contributed by atoms with Crippen LogP contribution in [0, 0.1) is 11.8 Å². The van der Waals surface area contributed by atoms with E-state index in [0.717, 1.165) is 12.8 Å². The fourth-order valence-corrected chi connectivity index (χ4v) is 0.981. The number of primary amides is 1. The van der Waals surface area contributed by atoms with Crippen molar-refractivity contribution in [2.45, 2.75) is 26.7 Å². The molecule has 0 aromatic heterocycles. The Hall–Kier alpha value is -0.570. The molecule has 0 aromatic rings. The van der Waals surface area contributed by atoms with E-state index in [9.17, 15) is 4.79 Å². The molecule has 0 bridgehead atoms. The SMILES string of the molecule is CCC(C)CC(CN)C(N)=O. The number of carbonyl (C=O) groups excluding carboxylic acids is 1. The van der Waals surface area contributed by atoms with Crippen molar-refractivity contribution >= 4 is 5.91 Å². The Bertz CT molecular complexity index is 125. The van der Waals surface area contributed by atoms with Gasteiger partial charge >= 0.3 is 0 Å². The molecule has 0 aliphatic rings. The van der Waals surface area contributed by atoms with Crippen molar-refractivity contribution < 1.29 is 4.79 Å². The predicted molar refractivity (Wildman–Crippen MR) is 45.8 cm³/mol. The molecule has 0 saturated carbocycles. The van der Waals surface area contributed by atoms with Gasteiger partial charge in [0.25, 0.3) is 0 Å². The summed E-state index contributed by atoms with van der Waals surface area (Å²) >= 11 is 0. The number of carbonyl (C=O) groups is 1. The minimum absolute atomic E-state index is 0.134. The lowest BCUT2D eigenvalue weighted by Gasteiger charge is -2.14. The van der Waals surface area contributed by atoms with E-state index in [2.05, 4.69) is 13.8 Å². The first kappa shape index (κ1) is 10.4. The van der Waals surface area contributed by atoms with Crippen LogP contribution in [0.25, 0.3) is 0 Å². The average Bonchev–Trinajstić information content (AvgIpc) is 1.99. The second-order valence-electron chi connectivity index (χ2n) is 3.08. The molecule has 1 amide bonds. The quantitative estimate of drug-likeness (QED) is 0.611. The number of hydrogen-bond donors (Lipinski definition) is 2. The highest BCUT2D eigenvalue weighted by Gasteiger charge is 2.15. The average molecular weight is 158 g/mol. The van der Waals surface area contributed by atoms with Gasteiger partial charge in [0.1, 0.15) is 0 Å². The first-order valence-corrected chi connectivity index (χ1v) is 4.11. The Kier molecular flexibility index (Phi) is 4.86. The van der Waals surface area contributed by atoms with Crippen LogP contribution < -0.4 is 11.5 Å². The molecule has 3 heteroatoms. The highest BCUT2D eigenvalue weighted by atomic mass is 16.1. The van der Waals surface area contributed by atoms with E-state index < -0.39 is 0 Å². The summed E-state index contributed by atoms with van der Waals surface area (Å²) in [4.78, 5) is 10.7. The van der Waals surface area contributed by atoms with E-state index in [1.165, 1.54) is 0 Å². The van der Waals surface area contributed by atoms with Crippen molar-refractivity contribution in [2.24, 2.45) is 23.3 Å². The summed E-state index contributed by atoms with van der Waals surface area (Å²) in [6.07, 6.45) is 1.89. The zero-order valence-corrected chi connectivity index (χ0v) is 7.34. The van der Waals surface area contributed by atoms with Gasteiger partial charge < -0.3 is 11.5 Å². The van der Waals surface area contributed by atoms with Gasteiger partial charge in [-0.15, -0.1) is 0 Å². The van der Waals surface area contributed by atoms with E-state index in [1.807, 2.05) is 0 Å². The number of hydrogen-bond acceptors (Lipinski definition) is 2. The summed E-state index contributed by atoms with van der Waals surface area (Å²) < 4.78 is 0. The summed E-state index contributed by atoms with van der Waals surface area (Å²) in [6, 6.07) is 0. The lowest BCUT2D eigenvalue weighted by atomic mass is 9.94. The second kappa shape index (κ2) is 5.13. The standard InChI is InChI=1S/C8H18N2O/c1-3-6(2)4-7(5-9)8(10)11/h6-7H,3-5,9H2,1-2H3,(H2,10,11). The maximum Gasteiger partial charge on any atom is 0.221 e. The van der Waals surface area contributed by atoms with Crippen LogP contribution in [0.3, 0.4) is 0 Å². The number of rotatable bonds is 5. The van der Waals surface area contributed by atoms with Gasteiger partial charge in [0.05, 0.1) is 5.92 Å². The van der Waals surface area contributed by atoms with Crippen LogP contribution in [0.1, 0.15) is 26.7 Å². The molecule has 0 rings (SSSR count). The zero-order chi connectivity index (χ0) is 8.85. The van der Waals surface area contributed by atoms with Gasteiger partial charge in [0.2, 0.25) is 5.91 Å². The van der Waals surface area contributed by atoms with Crippen LogP contribution in [-0.4, -0.2) is 12.5 Å². The molecule has 66 valence electrons. The number of nitrogens with two attached hydrogens (primary N) is 2. The minimum atomic E-state index is -0.271. The van der Waals surface area contributed by atoms with Crippen LogP contribution >= 0.6 is 0 Å². The van der Waals surface area contributed by atoms with Crippen LogP contribution in [-0.2, 0) is 4.79 Å². The molecule has 3 nitrogen and oxygen atoms in total. The minimum Gasteiger partial charge on any atom is -0.369 e. The van der Waals surface area contributed by atoms with Gasteiger partial charge in [-0.05, 0) is 12.3 Å². The maximum atomic E-state index is 10.7. The molecule has 0 fully saturated rings. The van der Waals surface area contributed by atoms with Gasteiger partial charge in [-0.2, -0.15) is 0 Å². The summed E-state index contributed by atoms with van der Waals surface area (Å²) in [5, 5.41) is 0. The third kappa shape index (κ3) is 3.98. The maximum absolute atomic E-state index is 10.7. The highest BCUT2D eigenvalue weighted by molar-refractivity contribution is 5.76. The normalized spacial score (nSPS) is 15.9. The van der Waals surface area contributed by atoms with Crippen molar-refractivity contribution in [1.29, 1.82) is 0 Å². The highest BCUT2D eigenvalue weighted by Crippen LogP contribution is 2.13. The van der Waals surface area contributed by atoms with Crippen LogP contribution in [0.2, 0.25) is 0 Å². The molecule has 0 aliphatic heterocycles. The van der Waals surface area contributed by atoms with E-state index >= 15 is 0 Å². The molecule has 2 atom stereocenters. The zero-order valence-electron chi connectivity index (χ0n) is 7.34. The van der Waals surface area contributed by atoms with Crippen molar-refractivity contribution in [3.63, 3.8) is 0 Å². The van der Waals surface area contributed by atoms with Crippen molar-refractivity contribution in [3.05, 3.63) is 0 Å². The molecule has 0 heterocycles. The lowest BCUT2D eigenvalue weighted by molar-refractivity contribution is -0.122. The smallest absolute Gasteiger partial charge is 0.221 e. The fourth-order valence-electron chi connectivity index (χ4n) is 0.981. The molecular formula is C8H18N2O. The Balaban J connectivity index is 3.77. The molecule has 2 unspecified atom stereocenters. The van der Waals surface area contributed by atoms with Crippen molar-refractivity contribution in [2.75, 3.05) is 6.54 Å². The van der Waals surface area contributed by atoms with Crippen LogP contribution in [0.5, 0.6) is 0 Å². The first-order chi connectivity index (χ1) is 5.11. The third-order valence-electron chi connectivity index (χ3n) is 2.07. The van der Waals surface area contributed by atoms with Gasteiger partial charge in [-0.25, -0.2) is 0 Å². The first-order valence-electron chi connectivity index (χ1n) is 4.11. The van der Waals surface area contributed by atoms with Crippen molar-refractivity contribution in [3.8, 4) is 0 Å². The Morgan fingerprint density at radius 2 is 2.09 bits per heavy atom. The van der Waals surface area contributed by atoms with E-state index in [1.54, 1.807) is 0 Å². The largest absolute Gasteiger partial charge is 0.369 e. The fraction of sp³-hybridized carbons (Fsp3) is 0.875. The summed E-state index contributed by atoms with van der Waals surface area (Å²) in [5.74, 6) is 0.133. The second-order valence-corrected chi connectivity index (χ2v) is 3.08. The monoisotopic (exact) mass is 158 g/mol. The Morgan fingerprint density at radius 1 is 1.55 bits per heavy atom. The Morgan fingerprint density at radius 3 is 2.36 bits per heavy atom. The van der Waals surface area contributed by atoms with Crippen LogP contribution in [0.4, 0.5) is 0 Å². The summed E-state index contributed by atoms with van der Waals surface area (Å²) in [7, 11) is 0. The van der Waals surface area contributed by atoms with E-state index in [-0.39, 0.29) is 11.8 Å². The topological polar surface area (TPSA) is 69.1 Å². The lowest BCUT2D eigenvalue weighted by Crippen LogP contribution is -2.31. The molecular weight excluding hydrogens is 140 g/mol. The molecule has 0 spiro atoms. The van der Waals surface area contributed by atoms with Gasteiger partial charge in [0.15, 0.2) is 0 Å². The van der Waals surface area contributed by atoms with E-state index in [0.29, 0.717) is 12.5 Å². The third-order valence-corrected chi connectivity index (χ3v) is 2.07. The van der Waals surface area contributed by atoms with Gasteiger partial charge in [-0.3, -0.25) is 4.79 Å². The number of amides is 1. The summed E-state index contributed by atoms with van der Waals surface area (Å²) in [5.41, 5.74) is 10.5. The molecule has 0 radical (unpaired) electrons. The van der Waals surface area contributed by atoms with Gasteiger partial charge in [0, 0.05) is 6.54 Å². The molecule has 0 saturated heterocycles. The molecule has 4 N–H and O–H groups in total. The molecule has 0 aromatic carbocycles. The predicted octanol–water partition coefficient (Wildman–Crippen LogP) is 0.483. The Labute approximate surface area is 68.1 Å². The summed E-state index contributed by atoms with van der Waals surface area (Å²) in [6.45, 7) is 4.57.